The Kier molecular flexibility index (Phi) is 6.03. The van der Waals surface area contributed by atoms with Gasteiger partial charge in [-0.1, -0.05) is 19.3 Å². The van der Waals surface area contributed by atoms with Gasteiger partial charge in [0.15, 0.2) is 0 Å². The summed E-state index contributed by atoms with van der Waals surface area (Å²) in [7, 11) is 0. The molecule has 1 saturated carbocycles. The van der Waals surface area contributed by atoms with Gasteiger partial charge in [-0.2, -0.15) is 0 Å². The van der Waals surface area contributed by atoms with Crippen molar-refractivity contribution in [2.75, 3.05) is 5.32 Å². The number of aromatic carboxylic acids is 1. The highest BCUT2D eigenvalue weighted by Gasteiger charge is 2.17. The maximum absolute atomic E-state index is 14.0. The fraction of sp³-hybridized carbons (Fsp3) is 0.286. The van der Waals surface area contributed by atoms with Crippen molar-refractivity contribution in [2.24, 2.45) is 0 Å². The summed E-state index contributed by atoms with van der Waals surface area (Å²) in [6.07, 6.45) is 5.44. The summed E-state index contributed by atoms with van der Waals surface area (Å²) >= 11 is 0. The molecule has 2 amide bonds. The van der Waals surface area contributed by atoms with Gasteiger partial charge in [-0.15, -0.1) is 0 Å². The summed E-state index contributed by atoms with van der Waals surface area (Å²) in [5.41, 5.74) is 0.396. The summed E-state index contributed by atoms with van der Waals surface area (Å²) in [5.74, 6) is -3.04. The first kappa shape index (κ1) is 19.5. The van der Waals surface area contributed by atoms with E-state index in [-0.39, 0.29) is 23.1 Å². The Labute approximate surface area is 161 Å². The molecule has 0 unspecified atom stereocenters. The smallest absolute Gasteiger partial charge is 0.335 e. The van der Waals surface area contributed by atoms with E-state index in [4.69, 9.17) is 5.11 Å². The minimum Gasteiger partial charge on any atom is -0.478 e. The number of carbonyl (C=O) groups is 3. The third kappa shape index (κ3) is 4.73. The molecule has 0 aromatic heterocycles. The molecule has 0 heterocycles. The molecular weight excluding hydrogens is 363 g/mol. The normalized spacial score (nSPS) is 14.3. The number of hydrogen-bond acceptors (Lipinski definition) is 3. The Balaban J connectivity index is 1.62. The Morgan fingerprint density at radius 2 is 1.54 bits per heavy atom. The maximum atomic E-state index is 14.0. The Morgan fingerprint density at radius 3 is 2.14 bits per heavy atom. The van der Waals surface area contributed by atoms with Gasteiger partial charge in [0, 0.05) is 17.3 Å². The number of benzene rings is 2. The molecule has 3 rings (SSSR count). The fourth-order valence-corrected chi connectivity index (χ4v) is 3.25. The highest BCUT2D eigenvalue weighted by atomic mass is 19.1. The van der Waals surface area contributed by atoms with Crippen LogP contribution in [0.15, 0.2) is 42.5 Å². The van der Waals surface area contributed by atoms with Crippen LogP contribution in [0.5, 0.6) is 0 Å². The molecule has 2 aromatic rings. The second kappa shape index (κ2) is 8.65. The van der Waals surface area contributed by atoms with Crippen molar-refractivity contribution in [3.63, 3.8) is 0 Å². The number of carboxylic acids is 1. The maximum Gasteiger partial charge on any atom is 0.335 e. The molecule has 0 aliphatic heterocycles. The predicted octanol–water partition coefficient (Wildman–Crippen LogP) is 3.84. The molecule has 28 heavy (non-hydrogen) atoms. The molecule has 0 spiro atoms. The lowest BCUT2D eigenvalue weighted by atomic mass is 9.95. The molecule has 1 fully saturated rings. The molecule has 7 heteroatoms. The minimum atomic E-state index is -1.27. The third-order valence-electron chi connectivity index (χ3n) is 4.81. The molecule has 0 saturated heterocycles. The molecule has 6 nitrogen and oxygen atoms in total. The number of rotatable bonds is 5. The average Bonchev–Trinajstić information content (AvgIpc) is 2.69. The fourth-order valence-electron chi connectivity index (χ4n) is 3.25. The molecule has 146 valence electrons. The second-order valence-corrected chi connectivity index (χ2v) is 6.84. The van der Waals surface area contributed by atoms with E-state index in [1.807, 2.05) is 0 Å². The topological polar surface area (TPSA) is 95.5 Å². The van der Waals surface area contributed by atoms with E-state index in [1.54, 1.807) is 24.3 Å². The number of carboxylic acid groups (broad SMARTS) is 1. The van der Waals surface area contributed by atoms with Gasteiger partial charge in [0.25, 0.3) is 11.8 Å². The van der Waals surface area contributed by atoms with E-state index in [2.05, 4.69) is 10.6 Å². The van der Waals surface area contributed by atoms with Crippen molar-refractivity contribution in [3.8, 4) is 0 Å². The predicted molar refractivity (Wildman–Crippen MR) is 102 cm³/mol. The van der Waals surface area contributed by atoms with Crippen LogP contribution < -0.4 is 10.6 Å². The van der Waals surface area contributed by atoms with Crippen molar-refractivity contribution in [1.82, 2.24) is 5.32 Å². The lowest BCUT2D eigenvalue weighted by molar-refractivity contribution is 0.0695. The molecule has 1 aliphatic rings. The van der Waals surface area contributed by atoms with E-state index in [9.17, 15) is 18.8 Å². The van der Waals surface area contributed by atoms with Gasteiger partial charge in [0.05, 0.1) is 11.1 Å². The summed E-state index contributed by atoms with van der Waals surface area (Å²) < 4.78 is 14.0. The quantitative estimate of drug-likeness (QED) is 0.730. The van der Waals surface area contributed by atoms with Crippen molar-refractivity contribution >= 4 is 23.5 Å². The van der Waals surface area contributed by atoms with Crippen LogP contribution in [0.2, 0.25) is 0 Å². The van der Waals surface area contributed by atoms with Crippen molar-refractivity contribution in [2.45, 2.75) is 38.1 Å². The van der Waals surface area contributed by atoms with Crippen LogP contribution in [0, 0.1) is 5.82 Å². The molecule has 2 aromatic carbocycles. The van der Waals surface area contributed by atoms with Crippen molar-refractivity contribution in [3.05, 3.63) is 65.0 Å². The van der Waals surface area contributed by atoms with Gasteiger partial charge in [-0.25, -0.2) is 9.18 Å². The van der Waals surface area contributed by atoms with Gasteiger partial charge in [0.2, 0.25) is 0 Å². The van der Waals surface area contributed by atoms with Crippen LogP contribution in [0.4, 0.5) is 10.1 Å². The molecular formula is C21H21FN2O4. The Morgan fingerprint density at radius 1 is 0.893 bits per heavy atom. The van der Waals surface area contributed by atoms with E-state index >= 15 is 0 Å². The van der Waals surface area contributed by atoms with E-state index < -0.39 is 17.7 Å². The van der Waals surface area contributed by atoms with Crippen LogP contribution in [0.25, 0.3) is 0 Å². The molecule has 0 atom stereocenters. The van der Waals surface area contributed by atoms with Crippen LogP contribution in [-0.2, 0) is 0 Å². The van der Waals surface area contributed by atoms with E-state index in [0.717, 1.165) is 37.8 Å². The zero-order valence-electron chi connectivity index (χ0n) is 15.2. The van der Waals surface area contributed by atoms with Crippen molar-refractivity contribution in [1.29, 1.82) is 0 Å². The Bertz CT molecular complexity index is 890. The number of carbonyl (C=O) groups excluding carboxylic acids is 2. The summed E-state index contributed by atoms with van der Waals surface area (Å²) in [4.78, 5) is 35.4. The molecule has 3 N–H and O–H groups in total. The summed E-state index contributed by atoms with van der Waals surface area (Å²) in [6.45, 7) is 0. The van der Waals surface area contributed by atoms with Crippen molar-refractivity contribution < 1.29 is 23.9 Å². The average molecular weight is 384 g/mol. The standard InChI is InChI=1S/C21H21FN2O4/c22-18-12-14(21(27)28)8-11-17(18)20(26)24-16-9-6-13(7-10-16)19(25)23-15-4-2-1-3-5-15/h6-12,15H,1-5H2,(H,23,25)(H,24,26)(H,27,28). The number of anilines is 1. The lowest BCUT2D eigenvalue weighted by Crippen LogP contribution is -2.36. The van der Waals surface area contributed by atoms with Gasteiger partial charge >= 0.3 is 5.97 Å². The van der Waals surface area contributed by atoms with Crippen LogP contribution in [-0.4, -0.2) is 28.9 Å². The van der Waals surface area contributed by atoms with Gasteiger partial charge < -0.3 is 15.7 Å². The van der Waals surface area contributed by atoms with Gasteiger partial charge in [-0.3, -0.25) is 9.59 Å². The molecule has 0 bridgehead atoms. The van der Waals surface area contributed by atoms with Crippen LogP contribution in [0.3, 0.4) is 0 Å². The summed E-state index contributed by atoms with van der Waals surface area (Å²) in [5, 5.41) is 14.4. The SMILES string of the molecule is O=C(O)c1ccc(C(=O)Nc2ccc(C(=O)NC3CCCCC3)cc2)c(F)c1. The monoisotopic (exact) mass is 384 g/mol. The number of amides is 2. The Hall–Kier alpha value is -3.22. The lowest BCUT2D eigenvalue weighted by Gasteiger charge is -2.22. The number of nitrogens with one attached hydrogen (secondary N) is 2. The second-order valence-electron chi connectivity index (χ2n) is 6.84. The van der Waals surface area contributed by atoms with Gasteiger partial charge in [0.1, 0.15) is 5.82 Å². The minimum absolute atomic E-state index is 0.153. The first-order valence-corrected chi connectivity index (χ1v) is 9.19. The highest BCUT2D eigenvalue weighted by Crippen LogP contribution is 2.19. The number of halogens is 1. The van der Waals surface area contributed by atoms with Gasteiger partial charge in [-0.05, 0) is 55.3 Å². The third-order valence-corrected chi connectivity index (χ3v) is 4.81. The zero-order valence-corrected chi connectivity index (χ0v) is 15.2. The van der Waals surface area contributed by atoms with Crippen LogP contribution in [0.1, 0.15) is 63.2 Å². The first-order chi connectivity index (χ1) is 13.4. The summed E-state index contributed by atoms with van der Waals surface area (Å²) in [6, 6.07) is 9.62. The van der Waals surface area contributed by atoms with E-state index in [1.165, 1.54) is 12.5 Å². The molecule has 0 radical (unpaired) electrons. The van der Waals surface area contributed by atoms with Crippen LogP contribution >= 0.6 is 0 Å². The molecule has 1 aliphatic carbocycles. The number of hydrogen-bond donors (Lipinski definition) is 3. The van der Waals surface area contributed by atoms with E-state index in [0.29, 0.717) is 11.3 Å². The highest BCUT2D eigenvalue weighted by molar-refractivity contribution is 6.05. The largest absolute Gasteiger partial charge is 0.478 e. The first-order valence-electron chi connectivity index (χ1n) is 9.19. The zero-order chi connectivity index (χ0) is 20.1.